The maximum atomic E-state index is 14.3. The fourth-order valence-corrected chi connectivity index (χ4v) is 7.29. The highest BCUT2D eigenvalue weighted by Gasteiger charge is 2.33. The highest BCUT2D eigenvalue weighted by molar-refractivity contribution is 7.14. The zero-order chi connectivity index (χ0) is 38.0. The van der Waals surface area contributed by atoms with Crippen molar-refractivity contribution >= 4 is 45.2 Å². The molecule has 14 nitrogen and oxygen atoms in total. The van der Waals surface area contributed by atoms with Crippen molar-refractivity contribution in [3.63, 3.8) is 0 Å². The number of carbonyl (C=O) groups is 2. The number of aromatic nitrogens is 6. The van der Waals surface area contributed by atoms with Crippen LogP contribution in [-0.2, 0) is 35.3 Å². The Kier molecular flexibility index (Phi) is 10.5. The van der Waals surface area contributed by atoms with Gasteiger partial charge in [-0.25, -0.2) is 9.97 Å². The highest BCUT2D eigenvalue weighted by atomic mass is 32.1. The number of hydrogen-bond acceptors (Lipinski definition) is 11. The van der Waals surface area contributed by atoms with Crippen LogP contribution < -0.4 is 20.5 Å². The van der Waals surface area contributed by atoms with Crippen LogP contribution in [0.15, 0.2) is 59.0 Å². The van der Waals surface area contributed by atoms with Crippen molar-refractivity contribution < 1.29 is 32.2 Å². The molecule has 2 aliphatic rings. The first-order valence-corrected chi connectivity index (χ1v) is 18.2. The van der Waals surface area contributed by atoms with Crippen molar-refractivity contribution in [2.75, 3.05) is 49.6 Å². The van der Waals surface area contributed by atoms with E-state index in [9.17, 15) is 27.6 Å². The molecule has 0 saturated carbocycles. The zero-order valence-corrected chi connectivity index (χ0v) is 30.2. The van der Waals surface area contributed by atoms with Crippen LogP contribution in [0.4, 0.5) is 23.9 Å². The third-order valence-electron chi connectivity index (χ3n) is 9.20. The van der Waals surface area contributed by atoms with Crippen molar-refractivity contribution in [1.82, 2.24) is 34.0 Å². The molecular formula is C36H36F3N9O5S. The van der Waals surface area contributed by atoms with Crippen LogP contribution in [0.25, 0.3) is 11.4 Å². The number of benzene rings is 1. The number of halogens is 3. The van der Waals surface area contributed by atoms with E-state index in [2.05, 4.69) is 25.4 Å². The Hall–Kier alpha value is -5.62. The monoisotopic (exact) mass is 763 g/mol. The summed E-state index contributed by atoms with van der Waals surface area (Å²) in [5, 5.41) is 8.09. The normalized spacial score (nSPS) is 15.0. The quantitative estimate of drug-likeness (QED) is 0.214. The maximum Gasteiger partial charge on any atom is 0.417 e. The summed E-state index contributed by atoms with van der Waals surface area (Å²) in [4.78, 5) is 58.2. The molecule has 0 unspecified atom stereocenters. The van der Waals surface area contributed by atoms with Gasteiger partial charge in [-0.15, -0.1) is 16.4 Å². The number of nitrogens with one attached hydrogen (secondary N) is 1. The zero-order valence-electron chi connectivity index (χ0n) is 29.4. The summed E-state index contributed by atoms with van der Waals surface area (Å²) in [5.41, 5.74) is 1.86. The molecule has 2 aliphatic heterocycles. The first-order chi connectivity index (χ1) is 26.0. The Morgan fingerprint density at radius 3 is 2.56 bits per heavy atom. The van der Waals surface area contributed by atoms with Crippen LogP contribution >= 0.6 is 11.3 Å². The van der Waals surface area contributed by atoms with Gasteiger partial charge in [0.2, 0.25) is 11.7 Å². The van der Waals surface area contributed by atoms with E-state index >= 15 is 0 Å². The standard InChI is InChI=1S/C36H36F3N9O5S/c1-3-26-30(45-11-13-46(14-12-45)33(50)29-31(22(2)40-21-41-29)53-19-23-7-5-4-6-8-23)34(51)48-35(43-32(44-48)24-9-15-52-16-10-24)47(26)18-27(49)42-28-17-25(20-54-28)36(37,38)39/h4-9,17,20-21H,3,10-16,18-19H2,1-2H3,(H,42,49). The second kappa shape index (κ2) is 15.4. The van der Waals surface area contributed by atoms with Crippen LogP contribution in [0, 0.1) is 6.92 Å². The van der Waals surface area contributed by atoms with Crippen molar-refractivity contribution in [2.45, 2.75) is 46.0 Å². The van der Waals surface area contributed by atoms with E-state index in [-0.39, 0.29) is 61.7 Å². The lowest BCUT2D eigenvalue weighted by Gasteiger charge is -2.36. The van der Waals surface area contributed by atoms with Gasteiger partial charge in [-0.2, -0.15) is 22.7 Å². The first-order valence-electron chi connectivity index (χ1n) is 17.3. The van der Waals surface area contributed by atoms with E-state index in [1.54, 1.807) is 16.4 Å². The number of carbonyl (C=O) groups excluding carboxylic acids is 2. The van der Waals surface area contributed by atoms with Gasteiger partial charge >= 0.3 is 6.18 Å². The SMILES string of the molecule is CCc1c(N2CCN(C(=O)c3ncnc(C)c3OCc3ccccc3)CC2)c(=O)n2nc(C3=CCOCC3)nc2n1CC(=O)Nc1cc(C(F)(F)F)cs1. The number of anilines is 2. The highest BCUT2D eigenvalue weighted by Crippen LogP contribution is 2.35. The van der Waals surface area contributed by atoms with Crippen molar-refractivity contribution in [3.05, 3.63) is 98.6 Å². The third-order valence-corrected chi connectivity index (χ3v) is 10.0. The maximum absolute atomic E-state index is 14.3. The van der Waals surface area contributed by atoms with Gasteiger partial charge in [0, 0.05) is 31.6 Å². The van der Waals surface area contributed by atoms with Gasteiger partial charge in [0.25, 0.3) is 11.5 Å². The molecular weight excluding hydrogens is 728 g/mol. The van der Waals surface area contributed by atoms with Crippen LogP contribution in [0.5, 0.6) is 5.75 Å². The minimum atomic E-state index is -4.55. The molecule has 18 heteroatoms. The molecule has 5 aromatic rings. The molecule has 0 radical (unpaired) electrons. The smallest absolute Gasteiger partial charge is 0.417 e. The van der Waals surface area contributed by atoms with Crippen LogP contribution in [-0.4, -0.2) is 85.2 Å². The predicted octanol–water partition coefficient (Wildman–Crippen LogP) is 4.62. The average Bonchev–Trinajstić information content (AvgIpc) is 3.85. The van der Waals surface area contributed by atoms with E-state index in [4.69, 9.17) is 9.47 Å². The van der Waals surface area contributed by atoms with Gasteiger partial charge in [0.1, 0.15) is 25.2 Å². The molecule has 0 aliphatic carbocycles. The van der Waals surface area contributed by atoms with Gasteiger partial charge in [0.15, 0.2) is 17.3 Å². The molecule has 1 N–H and O–H groups in total. The number of aryl methyl sites for hydroxylation is 1. The number of nitrogens with zero attached hydrogens (tertiary/aromatic N) is 8. The van der Waals surface area contributed by atoms with Gasteiger partial charge in [-0.3, -0.25) is 14.4 Å². The molecule has 6 heterocycles. The molecule has 1 saturated heterocycles. The number of piperazine rings is 1. The number of fused-ring (bicyclic) bond motifs is 1. The van der Waals surface area contributed by atoms with Gasteiger partial charge in [-0.05, 0) is 37.0 Å². The largest absolute Gasteiger partial charge is 0.485 e. The average molecular weight is 764 g/mol. The van der Waals surface area contributed by atoms with Gasteiger partial charge < -0.3 is 29.2 Å². The van der Waals surface area contributed by atoms with E-state index < -0.39 is 23.2 Å². The Balaban J connectivity index is 1.17. The molecule has 1 fully saturated rings. The Labute approximate surface area is 310 Å². The summed E-state index contributed by atoms with van der Waals surface area (Å²) in [7, 11) is 0. The second-order valence-electron chi connectivity index (χ2n) is 12.7. The minimum Gasteiger partial charge on any atom is -0.485 e. The van der Waals surface area contributed by atoms with Crippen LogP contribution in [0.1, 0.15) is 52.2 Å². The molecule has 282 valence electrons. The lowest BCUT2D eigenvalue weighted by Crippen LogP contribution is -2.51. The molecule has 2 amide bonds. The van der Waals surface area contributed by atoms with Crippen molar-refractivity contribution in [1.29, 1.82) is 0 Å². The number of alkyl halides is 3. The second-order valence-corrected chi connectivity index (χ2v) is 13.6. The fraction of sp³-hybridized carbons (Fsp3) is 0.361. The third kappa shape index (κ3) is 7.56. The Morgan fingerprint density at radius 1 is 1.09 bits per heavy atom. The molecule has 0 atom stereocenters. The summed E-state index contributed by atoms with van der Waals surface area (Å²) in [5.74, 6) is -0.203. The van der Waals surface area contributed by atoms with Gasteiger partial charge in [-0.1, -0.05) is 43.3 Å². The van der Waals surface area contributed by atoms with Crippen LogP contribution in [0.2, 0.25) is 0 Å². The Morgan fingerprint density at radius 2 is 1.87 bits per heavy atom. The molecule has 0 bridgehead atoms. The number of ether oxygens (including phenoxy) is 2. The van der Waals surface area contributed by atoms with Gasteiger partial charge in [0.05, 0.1) is 35.2 Å². The van der Waals surface area contributed by atoms with Crippen molar-refractivity contribution in [2.24, 2.45) is 0 Å². The summed E-state index contributed by atoms with van der Waals surface area (Å²) in [6, 6.07) is 10.4. The number of rotatable bonds is 10. The molecule has 7 rings (SSSR count). The summed E-state index contributed by atoms with van der Waals surface area (Å²) in [6.45, 7) is 5.32. The van der Waals surface area contributed by atoms with E-state index in [0.29, 0.717) is 54.7 Å². The molecule has 4 aromatic heterocycles. The fourth-order valence-electron chi connectivity index (χ4n) is 6.47. The summed E-state index contributed by atoms with van der Waals surface area (Å²) >= 11 is 0.764. The first kappa shape index (κ1) is 36.7. The van der Waals surface area contributed by atoms with Crippen molar-refractivity contribution in [3.8, 4) is 5.75 Å². The van der Waals surface area contributed by atoms with E-state index in [1.165, 1.54) is 6.33 Å². The van der Waals surface area contributed by atoms with Crippen LogP contribution in [0.3, 0.4) is 0 Å². The predicted molar refractivity (Wildman–Crippen MR) is 194 cm³/mol. The lowest BCUT2D eigenvalue weighted by atomic mass is 10.1. The minimum absolute atomic E-state index is 0.0328. The topological polar surface area (TPSA) is 149 Å². The lowest BCUT2D eigenvalue weighted by molar-refractivity contribution is -0.137. The molecule has 54 heavy (non-hydrogen) atoms. The summed E-state index contributed by atoms with van der Waals surface area (Å²) < 4.78 is 54.0. The summed E-state index contributed by atoms with van der Waals surface area (Å²) in [6.07, 6.45) is -0.548. The molecule has 1 aromatic carbocycles. The van der Waals surface area contributed by atoms with E-state index in [1.807, 2.05) is 48.2 Å². The number of hydrogen-bond donors (Lipinski definition) is 1. The van der Waals surface area contributed by atoms with E-state index in [0.717, 1.165) is 38.4 Å². The Bertz CT molecular complexity index is 2280. The number of thiophene rings is 1. The number of amides is 2. The molecule has 0 spiro atoms.